The lowest BCUT2D eigenvalue weighted by molar-refractivity contribution is 0.204. The minimum atomic E-state index is -1.13. The Morgan fingerprint density at radius 2 is 1.83 bits per heavy atom. The summed E-state index contributed by atoms with van der Waals surface area (Å²) in [6, 6.07) is 8.83. The molecule has 0 unspecified atom stereocenters. The first kappa shape index (κ1) is 16.5. The van der Waals surface area contributed by atoms with Crippen LogP contribution in [-0.4, -0.2) is 59.3 Å². The Balaban J connectivity index is 1.83. The molecule has 1 saturated heterocycles. The summed E-state index contributed by atoms with van der Waals surface area (Å²) in [5.74, 6) is 0.217. The van der Waals surface area contributed by atoms with Crippen LogP contribution in [0.4, 0.5) is 22.0 Å². The molecule has 0 bridgehead atoms. The Labute approximate surface area is 145 Å². The van der Waals surface area contributed by atoms with Gasteiger partial charge >= 0.3 is 6.09 Å². The zero-order chi connectivity index (χ0) is 17.1. The number of benzene rings is 1. The minimum absolute atomic E-state index is 0.195. The van der Waals surface area contributed by atoms with E-state index in [0.29, 0.717) is 5.69 Å². The monoisotopic (exact) mass is 347 g/mol. The molecule has 1 aliphatic rings. The molecule has 1 fully saturated rings. The van der Waals surface area contributed by atoms with E-state index in [9.17, 15) is 9.90 Å². The van der Waals surface area contributed by atoms with Crippen molar-refractivity contribution in [1.29, 1.82) is 0 Å². The van der Waals surface area contributed by atoms with Crippen molar-refractivity contribution in [2.24, 2.45) is 0 Å². The number of aromatic nitrogens is 2. The average molecular weight is 348 g/mol. The highest BCUT2D eigenvalue weighted by atomic mass is 35.5. The predicted octanol–water partition coefficient (Wildman–Crippen LogP) is 2.70. The van der Waals surface area contributed by atoms with Crippen LogP contribution < -0.4 is 9.80 Å². The molecular formula is C16H18ClN5O2. The molecule has 1 aromatic heterocycles. The molecule has 2 aromatic rings. The fourth-order valence-electron chi connectivity index (χ4n) is 2.66. The van der Waals surface area contributed by atoms with Gasteiger partial charge in [0.1, 0.15) is 17.3 Å². The molecule has 7 nitrogen and oxygen atoms in total. The van der Waals surface area contributed by atoms with Crippen molar-refractivity contribution in [2.45, 2.75) is 0 Å². The zero-order valence-electron chi connectivity index (χ0n) is 13.3. The number of carboxylic acid groups (broad SMARTS) is 1. The van der Waals surface area contributed by atoms with Crippen molar-refractivity contribution in [1.82, 2.24) is 14.9 Å². The van der Waals surface area contributed by atoms with E-state index in [1.54, 1.807) is 12.1 Å². The number of nitrogens with zero attached hydrogens (tertiary/aromatic N) is 5. The van der Waals surface area contributed by atoms with Gasteiger partial charge in [0.2, 0.25) is 0 Å². The molecule has 0 spiro atoms. The normalized spacial score (nSPS) is 15.3. The van der Waals surface area contributed by atoms with E-state index in [-0.39, 0.29) is 11.0 Å². The van der Waals surface area contributed by atoms with Crippen molar-refractivity contribution in [2.75, 3.05) is 43.0 Å². The van der Waals surface area contributed by atoms with Crippen LogP contribution >= 0.6 is 11.6 Å². The van der Waals surface area contributed by atoms with Gasteiger partial charge in [0.25, 0.3) is 0 Å². The number of hydrogen-bond acceptors (Lipinski definition) is 5. The second-order valence-corrected chi connectivity index (χ2v) is 6.01. The Bertz CT molecular complexity index is 717. The van der Waals surface area contributed by atoms with Gasteiger partial charge in [-0.15, -0.1) is 0 Å². The van der Waals surface area contributed by atoms with Crippen LogP contribution in [-0.2, 0) is 0 Å². The van der Waals surface area contributed by atoms with Gasteiger partial charge in [-0.1, -0.05) is 11.6 Å². The SMILES string of the molecule is CN1CCN(c2ccc(N(C(=O)O)c3cc(Cl)ncn3)cc2)CC1. The molecule has 1 aliphatic heterocycles. The van der Waals surface area contributed by atoms with Crippen molar-refractivity contribution in [3.63, 3.8) is 0 Å². The van der Waals surface area contributed by atoms with Gasteiger partial charge < -0.3 is 14.9 Å². The third kappa shape index (κ3) is 3.58. The van der Waals surface area contributed by atoms with E-state index in [1.807, 2.05) is 12.1 Å². The fourth-order valence-corrected chi connectivity index (χ4v) is 2.81. The highest BCUT2D eigenvalue weighted by molar-refractivity contribution is 6.29. The molecule has 1 N–H and O–H groups in total. The van der Waals surface area contributed by atoms with Gasteiger partial charge in [-0.05, 0) is 31.3 Å². The number of amides is 1. The molecule has 1 amide bonds. The van der Waals surface area contributed by atoms with E-state index >= 15 is 0 Å². The molecule has 0 radical (unpaired) electrons. The first-order valence-electron chi connectivity index (χ1n) is 7.59. The highest BCUT2D eigenvalue weighted by Crippen LogP contribution is 2.27. The van der Waals surface area contributed by atoms with Crippen LogP contribution in [0.5, 0.6) is 0 Å². The zero-order valence-corrected chi connectivity index (χ0v) is 14.0. The summed E-state index contributed by atoms with van der Waals surface area (Å²) in [7, 11) is 2.11. The van der Waals surface area contributed by atoms with Gasteiger partial charge in [0.05, 0.1) is 5.69 Å². The van der Waals surface area contributed by atoms with Crippen LogP contribution in [0.15, 0.2) is 36.7 Å². The van der Waals surface area contributed by atoms with E-state index in [0.717, 1.165) is 36.8 Å². The van der Waals surface area contributed by atoms with Crippen LogP contribution in [0.1, 0.15) is 0 Å². The van der Waals surface area contributed by atoms with Crippen LogP contribution in [0.2, 0.25) is 5.15 Å². The molecule has 8 heteroatoms. The molecule has 0 saturated carbocycles. The fraction of sp³-hybridized carbons (Fsp3) is 0.312. The maximum atomic E-state index is 11.6. The number of piperazine rings is 1. The van der Waals surface area contributed by atoms with E-state index in [2.05, 4.69) is 26.8 Å². The van der Waals surface area contributed by atoms with Gasteiger partial charge in [0.15, 0.2) is 0 Å². The quantitative estimate of drug-likeness (QED) is 0.861. The molecule has 24 heavy (non-hydrogen) atoms. The molecule has 126 valence electrons. The lowest BCUT2D eigenvalue weighted by Crippen LogP contribution is -2.44. The van der Waals surface area contributed by atoms with Gasteiger partial charge in [0, 0.05) is 37.9 Å². The van der Waals surface area contributed by atoms with E-state index < -0.39 is 6.09 Å². The Kier molecular flexibility index (Phi) is 4.82. The predicted molar refractivity (Wildman–Crippen MR) is 93.4 cm³/mol. The Morgan fingerprint density at radius 1 is 1.17 bits per heavy atom. The summed E-state index contributed by atoms with van der Waals surface area (Å²) < 4.78 is 0. The molecule has 1 aromatic carbocycles. The number of carbonyl (C=O) groups is 1. The van der Waals surface area contributed by atoms with Crippen molar-refractivity contribution in [3.8, 4) is 0 Å². The second kappa shape index (κ2) is 7.02. The van der Waals surface area contributed by atoms with Gasteiger partial charge in [-0.2, -0.15) is 0 Å². The Morgan fingerprint density at radius 3 is 2.42 bits per heavy atom. The first-order valence-corrected chi connectivity index (χ1v) is 7.96. The lowest BCUT2D eigenvalue weighted by Gasteiger charge is -2.34. The third-order valence-corrected chi connectivity index (χ3v) is 4.22. The molecular weight excluding hydrogens is 330 g/mol. The largest absolute Gasteiger partial charge is 0.464 e. The molecule has 3 rings (SSSR count). The van der Waals surface area contributed by atoms with Crippen LogP contribution in [0.25, 0.3) is 0 Å². The molecule has 0 atom stereocenters. The van der Waals surface area contributed by atoms with E-state index in [1.165, 1.54) is 12.4 Å². The summed E-state index contributed by atoms with van der Waals surface area (Å²) in [4.78, 5) is 25.1. The van der Waals surface area contributed by atoms with Crippen molar-refractivity contribution in [3.05, 3.63) is 41.8 Å². The summed E-state index contributed by atoms with van der Waals surface area (Å²) in [5, 5.41) is 9.72. The molecule has 0 aliphatic carbocycles. The first-order chi connectivity index (χ1) is 11.5. The number of anilines is 3. The number of likely N-dealkylation sites (N-methyl/N-ethyl adjacent to an activating group) is 1. The molecule has 2 heterocycles. The second-order valence-electron chi connectivity index (χ2n) is 5.62. The van der Waals surface area contributed by atoms with Crippen molar-refractivity contribution >= 4 is 34.9 Å². The van der Waals surface area contributed by atoms with Crippen LogP contribution in [0.3, 0.4) is 0 Å². The third-order valence-electron chi connectivity index (χ3n) is 4.02. The topological polar surface area (TPSA) is 72.8 Å². The summed E-state index contributed by atoms with van der Waals surface area (Å²) in [6.07, 6.45) is 0.115. The van der Waals surface area contributed by atoms with E-state index in [4.69, 9.17) is 11.6 Å². The minimum Gasteiger partial charge on any atom is -0.464 e. The summed E-state index contributed by atoms with van der Waals surface area (Å²) >= 11 is 5.84. The van der Waals surface area contributed by atoms with Crippen molar-refractivity contribution < 1.29 is 9.90 Å². The number of rotatable bonds is 3. The maximum Gasteiger partial charge on any atom is 0.417 e. The summed E-state index contributed by atoms with van der Waals surface area (Å²) in [6.45, 7) is 3.95. The maximum absolute atomic E-state index is 11.6. The van der Waals surface area contributed by atoms with Gasteiger partial charge in [-0.25, -0.2) is 19.7 Å². The number of halogens is 1. The lowest BCUT2D eigenvalue weighted by atomic mass is 10.2. The average Bonchev–Trinajstić information content (AvgIpc) is 2.56. The standard InChI is InChI=1S/C16H18ClN5O2/c1-20-6-8-21(9-7-20)12-2-4-13(5-3-12)22(16(23)24)15-10-14(17)18-11-19-15/h2-5,10-11H,6-9H2,1H3,(H,23,24). The highest BCUT2D eigenvalue weighted by Gasteiger charge is 2.20. The van der Waals surface area contributed by atoms with Crippen LogP contribution in [0, 0.1) is 0 Å². The Hall–Kier alpha value is -2.38. The number of hydrogen-bond donors (Lipinski definition) is 1. The summed E-state index contributed by atoms with van der Waals surface area (Å²) in [5.41, 5.74) is 1.59. The van der Waals surface area contributed by atoms with Gasteiger partial charge in [-0.3, -0.25) is 0 Å². The smallest absolute Gasteiger partial charge is 0.417 e.